The lowest BCUT2D eigenvalue weighted by atomic mass is 10.0. The van der Waals surface area contributed by atoms with Gasteiger partial charge >= 0.3 is 0 Å². The zero-order valence-electron chi connectivity index (χ0n) is 11.6. The maximum atomic E-state index is 6.31. The van der Waals surface area contributed by atoms with Gasteiger partial charge in [0, 0.05) is 18.7 Å². The maximum absolute atomic E-state index is 6.31. The van der Waals surface area contributed by atoms with E-state index in [0.29, 0.717) is 6.04 Å². The smallest absolute Gasteiger partial charge is 0.130 e. The molecule has 1 unspecified atom stereocenters. The van der Waals surface area contributed by atoms with Crippen LogP contribution < -0.4 is 5.32 Å². The Balaban J connectivity index is 2.11. The highest BCUT2D eigenvalue weighted by molar-refractivity contribution is 7.07. The summed E-state index contributed by atoms with van der Waals surface area (Å²) in [5.41, 5.74) is 3.57. The van der Waals surface area contributed by atoms with Crippen molar-refractivity contribution in [1.82, 2.24) is 15.1 Å². The Hall–Kier alpha value is -0.840. The number of thiophene rings is 1. The first-order chi connectivity index (χ1) is 9.11. The maximum Gasteiger partial charge on any atom is 0.130 e. The van der Waals surface area contributed by atoms with Crippen molar-refractivity contribution in [2.24, 2.45) is 7.05 Å². The molecule has 104 valence electrons. The highest BCUT2D eigenvalue weighted by atomic mass is 35.5. The van der Waals surface area contributed by atoms with Gasteiger partial charge in [-0.3, -0.25) is 4.68 Å². The Morgan fingerprint density at radius 1 is 1.47 bits per heavy atom. The van der Waals surface area contributed by atoms with Gasteiger partial charge in [0.15, 0.2) is 0 Å². The van der Waals surface area contributed by atoms with E-state index in [4.69, 9.17) is 11.6 Å². The van der Waals surface area contributed by atoms with Gasteiger partial charge in [-0.15, -0.1) is 0 Å². The quantitative estimate of drug-likeness (QED) is 0.887. The van der Waals surface area contributed by atoms with Crippen LogP contribution in [0.2, 0.25) is 5.15 Å². The lowest BCUT2D eigenvalue weighted by Gasteiger charge is -2.17. The Morgan fingerprint density at radius 2 is 2.26 bits per heavy atom. The van der Waals surface area contributed by atoms with E-state index in [0.717, 1.165) is 35.8 Å². The summed E-state index contributed by atoms with van der Waals surface area (Å²) in [6, 6.07) is 2.59. The molecule has 0 aliphatic heterocycles. The SMILES string of the molecule is CCNC(Cc1ccsc1)Cc1c(C)nn(C)c1Cl. The van der Waals surface area contributed by atoms with E-state index in [2.05, 4.69) is 34.2 Å². The van der Waals surface area contributed by atoms with Crippen molar-refractivity contribution in [2.45, 2.75) is 32.7 Å². The molecule has 0 amide bonds. The molecule has 0 spiro atoms. The summed E-state index contributed by atoms with van der Waals surface area (Å²) in [7, 11) is 1.89. The average Bonchev–Trinajstić information content (AvgIpc) is 2.94. The molecule has 1 N–H and O–H groups in total. The van der Waals surface area contributed by atoms with Crippen LogP contribution in [0, 0.1) is 6.92 Å². The molecule has 2 heterocycles. The lowest BCUT2D eigenvalue weighted by Crippen LogP contribution is -2.33. The van der Waals surface area contributed by atoms with Crippen LogP contribution in [0.5, 0.6) is 0 Å². The molecule has 1 atom stereocenters. The van der Waals surface area contributed by atoms with E-state index >= 15 is 0 Å². The minimum Gasteiger partial charge on any atom is -0.314 e. The van der Waals surface area contributed by atoms with Crippen LogP contribution in [0.3, 0.4) is 0 Å². The van der Waals surface area contributed by atoms with Crippen molar-refractivity contribution in [2.75, 3.05) is 6.54 Å². The molecule has 0 bridgehead atoms. The molecule has 0 fully saturated rings. The Kier molecular flexibility index (Phi) is 5.02. The summed E-state index contributed by atoms with van der Waals surface area (Å²) in [6.45, 7) is 5.12. The monoisotopic (exact) mass is 297 g/mol. The first kappa shape index (κ1) is 14.6. The third kappa shape index (κ3) is 3.59. The second-order valence-electron chi connectivity index (χ2n) is 4.77. The second kappa shape index (κ2) is 6.55. The lowest BCUT2D eigenvalue weighted by molar-refractivity contribution is 0.521. The number of aryl methyl sites for hydroxylation is 2. The first-order valence-electron chi connectivity index (χ1n) is 6.54. The molecule has 0 radical (unpaired) electrons. The highest BCUT2D eigenvalue weighted by Crippen LogP contribution is 2.21. The van der Waals surface area contributed by atoms with Crippen LogP contribution in [0.1, 0.15) is 23.7 Å². The van der Waals surface area contributed by atoms with E-state index in [-0.39, 0.29) is 0 Å². The van der Waals surface area contributed by atoms with Gasteiger partial charge in [-0.2, -0.15) is 16.4 Å². The molecule has 0 aliphatic carbocycles. The van der Waals surface area contributed by atoms with E-state index in [1.165, 1.54) is 5.56 Å². The molecular weight excluding hydrogens is 278 g/mol. The summed E-state index contributed by atoms with van der Waals surface area (Å²) in [5, 5.41) is 13.0. The van der Waals surface area contributed by atoms with Crippen LogP contribution in [0.4, 0.5) is 0 Å². The summed E-state index contributed by atoms with van der Waals surface area (Å²) in [4.78, 5) is 0. The number of nitrogens with one attached hydrogen (secondary N) is 1. The highest BCUT2D eigenvalue weighted by Gasteiger charge is 2.17. The zero-order valence-corrected chi connectivity index (χ0v) is 13.2. The normalized spacial score (nSPS) is 12.8. The molecule has 0 aliphatic rings. The minimum atomic E-state index is 0.403. The van der Waals surface area contributed by atoms with Crippen molar-refractivity contribution in [3.05, 3.63) is 38.8 Å². The fraction of sp³-hybridized carbons (Fsp3) is 0.500. The third-order valence-electron chi connectivity index (χ3n) is 3.28. The van der Waals surface area contributed by atoms with Crippen LogP contribution in [0.15, 0.2) is 16.8 Å². The predicted octanol–water partition coefficient (Wildman–Crippen LogP) is 3.21. The van der Waals surface area contributed by atoms with Gasteiger partial charge in [-0.1, -0.05) is 18.5 Å². The van der Waals surface area contributed by atoms with Crippen LogP contribution in [-0.2, 0) is 19.9 Å². The molecule has 0 aromatic carbocycles. The Morgan fingerprint density at radius 3 is 2.79 bits per heavy atom. The number of likely N-dealkylation sites (N-methyl/N-ethyl adjacent to an activating group) is 1. The standard InChI is InChI=1S/C14H20ClN3S/c1-4-16-12(7-11-5-6-19-9-11)8-13-10(2)17-18(3)14(13)15/h5-6,9,12,16H,4,7-8H2,1-3H3. The van der Waals surface area contributed by atoms with Crippen LogP contribution in [-0.4, -0.2) is 22.4 Å². The molecule has 2 aromatic rings. The van der Waals surface area contributed by atoms with Crippen molar-refractivity contribution < 1.29 is 0 Å². The number of hydrogen-bond acceptors (Lipinski definition) is 3. The van der Waals surface area contributed by atoms with Gasteiger partial charge in [-0.25, -0.2) is 0 Å². The third-order valence-corrected chi connectivity index (χ3v) is 4.48. The second-order valence-corrected chi connectivity index (χ2v) is 5.91. The molecule has 2 rings (SSSR count). The fourth-order valence-corrected chi connectivity index (χ4v) is 3.28. The van der Waals surface area contributed by atoms with Crippen LogP contribution >= 0.6 is 22.9 Å². The molecule has 2 aromatic heterocycles. The van der Waals surface area contributed by atoms with Gasteiger partial charge < -0.3 is 5.32 Å². The molecule has 5 heteroatoms. The molecule has 0 saturated carbocycles. The van der Waals surface area contributed by atoms with Crippen LogP contribution in [0.25, 0.3) is 0 Å². The number of hydrogen-bond donors (Lipinski definition) is 1. The largest absolute Gasteiger partial charge is 0.314 e. The van der Waals surface area contributed by atoms with Crippen molar-refractivity contribution in [1.29, 1.82) is 0 Å². The fourth-order valence-electron chi connectivity index (χ4n) is 2.35. The minimum absolute atomic E-state index is 0.403. The van der Waals surface area contributed by atoms with Crippen molar-refractivity contribution >= 4 is 22.9 Å². The van der Waals surface area contributed by atoms with Gasteiger partial charge in [0.05, 0.1) is 5.69 Å². The Labute approximate surface area is 123 Å². The first-order valence-corrected chi connectivity index (χ1v) is 7.86. The van der Waals surface area contributed by atoms with Gasteiger partial charge in [-0.05, 0) is 48.7 Å². The number of nitrogens with zero attached hydrogens (tertiary/aromatic N) is 2. The molecule has 3 nitrogen and oxygen atoms in total. The number of aromatic nitrogens is 2. The van der Waals surface area contributed by atoms with E-state index < -0.39 is 0 Å². The number of rotatable bonds is 6. The van der Waals surface area contributed by atoms with Gasteiger partial charge in [0.25, 0.3) is 0 Å². The summed E-state index contributed by atoms with van der Waals surface area (Å²) < 4.78 is 1.75. The van der Waals surface area contributed by atoms with Crippen molar-refractivity contribution in [3.63, 3.8) is 0 Å². The summed E-state index contributed by atoms with van der Waals surface area (Å²) in [6.07, 6.45) is 1.95. The van der Waals surface area contributed by atoms with Gasteiger partial charge in [0.1, 0.15) is 5.15 Å². The molecule has 19 heavy (non-hydrogen) atoms. The number of halogens is 1. The molecular formula is C14H20ClN3S. The van der Waals surface area contributed by atoms with Gasteiger partial charge in [0.2, 0.25) is 0 Å². The topological polar surface area (TPSA) is 29.9 Å². The van der Waals surface area contributed by atoms with E-state index in [9.17, 15) is 0 Å². The summed E-state index contributed by atoms with van der Waals surface area (Å²) in [5.74, 6) is 0. The van der Waals surface area contributed by atoms with E-state index in [1.807, 2.05) is 14.0 Å². The van der Waals surface area contributed by atoms with Crippen molar-refractivity contribution in [3.8, 4) is 0 Å². The summed E-state index contributed by atoms with van der Waals surface area (Å²) >= 11 is 8.06. The average molecular weight is 298 g/mol. The predicted molar refractivity (Wildman–Crippen MR) is 82.1 cm³/mol. The Bertz CT molecular complexity index is 519. The van der Waals surface area contributed by atoms with E-state index in [1.54, 1.807) is 16.0 Å². The zero-order chi connectivity index (χ0) is 13.8. The molecule has 0 saturated heterocycles.